The summed E-state index contributed by atoms with van der Waals surface area (Å²) in [5.74, 6) is 0. The molecule has 0 fully saturated rings. The van der Waals surface area contributed by atoms with Crippen LogP contribution in [0.2, 0.25) is 0 Å². The summed E-state index contributed by atoms with van der Waals surface area (Å²) in [6.45, 7) is 7.03. The highest BCUT2D eigenvalue weighted by molar-refractivity contribution is 5.12. The minimum atomic E-state index is -0.209. The average molecular weight is 231 g/mol. The molecule has 1 aromatic heterocycles. The molecule has 3 nitrogen and oxygen atoms in total. The van der Waals surface area contributed by atoms with E-state index in [4.69, 9.17) is 5.26 Å². The molecule has 0 saturated heterocycles. The van der Waals surface area contributed by atoms with Crippen molar-refractivity contribution in [2.75, 3.05) is 6.54 Å². The molecule has 0 aliphatic rings. The number of hydrogen-bond donors (Lipinski definition) is 1. The maximum Gasteiger partial charge on any atom is 0.0683 e. The molecule has 0 aromatic carbocycles. The third-order valence-electron chi connectivity index (χ3n) is 2.92. The topological polar surface area (TPSA) is 48.7 Å². The number of rotatable bonds is 6. The van der Waals surface area contributed by atoms with Gasteiger partial charge in [-0.05, 0) is 51.8 Å². The van der Waals surface area contributed by atoms with Crippen molar-refractivity contribution in [1.29, 1.82) is 5.26 Å². The van der Waals surface area contributed by atoms with Crippen molar-refractivity contribution in [3.8, 4) is 6.07 Å². The fraction of sp³-hybridized carbons (Fsp3) is 0.571. The van der Waals surface area contributed by atoms with Crippen LogP contribution >= 0.6 is 0 Å². The maximum atomic E-state index is 8.90. The van der Waals surface area contributed by atoms with E-state index in [9.17, 15) is 0 Å². The van der Waals surface area contributed by atoms with Gasteiger partial charge < -0.3 is 5.32 Å². The van der Waals surface area contributed by atoms with Crippen molar-refractivity contribution in [2.24, 2.45) is 5.41 Å². The molecule has 1 unspecified atom stereocenters. The Bertz CT molecular complexity index is 365. The Balaban J connectivity index is 2.26. The van der Waals surface area contributed by atoms with Gasteiger partial charge >= 0.3 is 0 Å². The molecular weight excluding hydrogens is 210 g/mol. The fourth-order valence-electron chi connectivity index (χ4n) is 1.65. The van der Waals surface area contributed by atoms with Gasteiger partial charge in [-0.3, -0.25) is 4.98 Å². The standard InChI is InChI=1S/C14H21N3/c1-12(13-6-4-8-16-10-13)17-9-5-7-14(2,3)11-15/h4,6,8,10,12,17H,5,7,9H2,1-3H3. The minimum absolute atomic E-state index is 0.209. The molecule has 17 heavy (non-hydrogen) atoms. The van der Waals surface area contributed by atoms with E-state index in [1.54, 1.807) is 6.20 Å². The first-order chi connectivity index (χ1) is 8.05. The van der Waals surface area contributed by atoms with Gasteiger partial charge in [-0.25, -0.2) is 0 Å². The van der Waals surface area contributed by atoms with Crippen molar-refractivity contribution in [3.05, 3.63) is 30.1 Å². The molecule has 0 amide bonds. The van der Waals surface area contributed by atoms with Gasteiger partial charge in [0.25, 0.3) is 0 Å². The van der Waals surface area contributed by atoms with E-state index in [2.05, 4.69) is 29.4 Å². The quantitative estimate of drug-likeness (QED) is 0.765. The van der Waals surface area contributed by atoms with Crippen molar-refractivity contribution in [1.82, 2.24) is 10.3 Å². The van der Waals surface area contributed by atoms with Crippen LogP contribution in [-0.4, -0.2) is 11.5 Å². The summed E-state index contributed by atoms with van der Waals surface area (Å²) in [5, 5.41) is 12.3. The number of nitriles is 1. The van der Waals surface area contributed by atoms with Crippen molar-refractivity contribution in [2.45, 2.75) is 39.7 Å². The number of aromatic nitrogens is 1. The first-order valence-electron chi connectivity index (χ1n) is 6.10. The zero-order valence-electron chi connectivity index (χ0n) is 10.9. The average Bonchev–Trinajstić information content (AvgIpc) is 2.35. The summed E-state index contributed by atoms with van der Waals surface area (Å²) in [6, 6.07) is 6.66. The molecular formula is C14H21N3. The van der Waals surface area contributed by atoms with Gasteiger partial charge in [0.1, 0.15) is 0 Å². The van der Waals surface area contributed by atoms with E-state index in [0.717, 1.165) is 19.4 Å². The molecule has 1 rings (SSSR count). The lowest BCUT2D eigenvalue weighted by atomic mass is 9.90. The van der Waals surface area contributed by atoms with E-state index in [-0.39, 0.29) is 5.41 Å². The van der Waals surface area contributed by atoms with E-state index >= 15 is 0 Å². The molecule has 0 spiro atoms. The van der Waals surface area contributed by atoms with E-state index in [0.29, 0.717) is 6.04 Å². The van der Waals surface area contributed by atoms with Gasteiger partial charge in [0, 0.05) is 18.4 Å². The van der Waals surface area contributed by atoms with Gasteiger partial charge in [0.05, 0.1) is 11.5 Å². The van der Waals surface area contributed by atoms with Gasteiger partial charge in [0.2, 0.25) is 0 Å². The van der Waals surface area contributed by atoms with Crippen LogP contribution in [0.3, 0.4) is 0 Å². The number of hydrogen-bond acceptors (Lipinski definition) is 3. The molecule has 0 aliphatic heterocycles. The second kappa shape index (κ2) is 6.36. The third kappa shape index (κ3) is 4.97. The molecule has 1 atom stereocenters. The lowest BCUT2D eigenvalue weighted by molar-refractivity contribution is 0.417. The number of nitrogens with zero attached hydrogens (tertiary/aromatic N) is 2. The predicted octanol–water partition coefficient (Wildman–Crippen LogP) is 3.06. The third-order valence-corrected chi connectivity index (χ3v) is 2.92. The summed E-state index contributed by atoms with van der Waals surface area (Å²) in [4.78, 5) is 4.10. The minimum Gasteiger partial charge on any atom is -0.310 e. The Morgan fingerprint density at radius 2 is 2.29 bits per heavy atom. The van der Waals surface area contributed by atoms with Gasteiger partial charge in [0.15, 0.2) is 0 Å². The largest absolute Gasteiger partial charge is 0.310 e. The van der Waals surface area contributed by atoms with Crippen LogP contribution in [0.1, 0.15) is 45.2 Å². The van der Waals surface area contributed by atoms with Crippen LogP contribution in [0.25, 0.3) is 0 Å². The Hall–Kier alpha value is -1.40. The second-order valence-corrected chi connectivity index (χ2v) is 5.06. The van der Waals surface area contributed by atoms with Crippen molar-refractivity contribution in [3.63, 3.8) is 0 Å². The van der Waals surface area contributed by atoms with Crippen molar-refractivity contribution < 1.29 is 0 Å². The lowest BCUT2D eigenvalue weighted by Crippen LogP contribution is -2.21. The first kappa shape index (κ1) is 13.7. The molecule has 3 heteroatoms. The lowest BCUT2D eigenvalue weighted by Gasteiger charge is -2.17. The summed E-state index contributed by atoms with van der Waals surface area (Å²) >= 11 is 0. The molecule has 0 aliphatic carbocycles. The molecule has 1 aromatic rings. The molecule has 1 heterocycles. The van der Waals surface area contributed by atoms with Crippen LogP contribution in [0, 0.1) is 16.7 Å². The van der Waals surface area contributed by atoms with Crippen LogP contribution in [0.4, 0.5) is 0 Å². The first-order valence-corrected chi connectivity index (χ1v) is 6.10. The molecule has 0 radical (unpaired) electrons. The van der Waals surface area contributed by atoms with Crippen LogP contribution < -0.4 is 5.32 Å². The summed E-state index contributed by atoms with van der Waals surface area (Å²) < 4.78 is 0. The Morgan fingerprint density at radius 3 is 2.88 bits per heavy atom. The van der Waals surface area contributed by atoms with Gasteiger partial charge in [-0.1, -0.05) is 6.07 Å². The van der Waals surface area contributed by atoms with Crippen LogP contribution in [0.5, 0.6) is 0 Å². The van der Waals surface area contributed by atoms with E-state index in [1.807, 2.05) is 26.1 Å². The molecule has 92 valence electrons. The Labute approximate surface area is 104 Å². The predicted molar refractivity (Wildman–Crippen MR) is 69.3 cm³/mol. The van der Waals surface area contributed by atoms with E-state index < -0.39 is 0 Å². The van der Waals surface area contributed by atoms with Gasteiger partial charge in [-0.15, -0.1) is 0 Å². The van der Waals surface area contributed by atoms with Crippen molar-refractivity contribution >= 4 is 0 Å². The highest BCUT2D eigenvalue weighted by Gasteiger charge is 2.15. The van der Waals surface area contributed by atoms with Gasteiger partial charge in [-0.2, -0.15) is 5.26 Å². The Morgan fingerprint density at radius 1 is 1.53 bits per heavy atom. The zero-order valence-corrected chi connectivity index (χ0v) is 10.9. The number of nitrogens with one attached hydrogen (secondary N) is 1. The smallest absolute Gasteiger partial charge is 0.0683 e. The molecule has 1 N–H and O–H groups in total. The summed E-state index contributed by atoms with van der Waals surface area (Å²) in [5.41, 5.74) is 0.992. The van der Waals surface area contributed by atoms with Crippen LogP contribution in [0.15, 0.2) is 24.5 Å². The molecule has 0 saturated carbocycles. The number of pyridine rings is 1. The fourth-order valence-corrected chi connectivity index (χ4v) is 1.65. The summed E-state index contributed by atoms with van der Waals surface area (Å²) in [6.07, 6.45) is 5.62. The van der Waals surface area contributed by atoms with Crippen LogP contribution in [-0.2, 0) is 0 Å². The SMILES string of the molecule is CC(NCCCC(C)(C)C#N)c1cccnc1. The second-order valence-electron chi connectivity index (χ2n) is 5.06. The highest BCUT2D eigenvalue weighted by atomic mass is 14.9. The highest BCUT2D eigenvalue weighted by Crippen LogP contribution is 2.20. The Kier molecular flexibility index (Phi) is 5.11. The normalized spacial score (nSPS) is 13.1. The van der Waals surface area contributed by atoms with E-state index in [1.165, 1.54) is 5.56 Å². The zero-order chi connectivity index (χ0) is 12.7. The monoisotopic (exact) mass is 231 g/mol. The summed E-state index contributed by atoms with van der Waals surface area (Å²) in [7, 11) is 0. The molecule has 0 bridgehead atoms. The maximum absolute atomic E-state index is 8.90.